The van der Waals surface area contributed by atoms with Crippen LogP contribution < -0.4 is 5.32 Å². The number of nitrogens with one attached hydrogen (secondary N) is 1. The van der Waals surface area contributed by atoms with E-state index in [0.717, 1.165) is 12.8 Å². The summed E-state index contributed by atoms with van der Waals surface area (Å²) in [6, 6.07) is 0. The van der Waals surface area contributed by atoms with Crippen molar-refractivity contribution in [3.63, 3.8) is 0 Å². The largest absolute Gasteiger partial charge is 0.391 e. The van der Waals surface area contributed by atoms with Crippen LogP contribution in [0.2, 0.25) is 0 Å². The zero-order valence-corrected chi connectivity index (χ0v) is 11.3. The van der Waals surface area contributed by atoms with Crippen LogP contribution in [0.5, 0.6) is 0 Å². The number of rotatable bonds is 13. The van der Waals surface area contributed by atoms with Gasteiger partial charge in [0.15, 0.2) is 0 Å². The van der Waals surface area contributed by atoms with E-state index < -0.39 is 0 Å². The molecule has 0 radical (unpaired) electrons. The van der Waals surface area contributed by atoms with E-state index >= 15 is 0 Å². The van der Waals surface area contributed by atoms with E-state index in [-0.39, 0.29) is 6.10 Å². The lowest BCUT2D eigenvalue weighted by Crippen LogP contribution is -2.25. The molecule has 0 spiro atoms. The first kappa shape index (κ1) is 16.4. The van der Waals surface area contributed by atoms with Crippen LogP contribution in [0.3, 0.4) is 0 Å². The first-order valence-corrected chi connectivity index (χ1v) is 7.16. The van der Waals surface area contributed by atoms with Gasteiger partial charge in [-0.05, 0) is 6.42 Å². The zero-order chi connectivity index (χ0) is 12.8. The van der Waals surface area contributed by atoms with Crippen molar-refractivity contribution >= 4 is 6.41 Å². The third-order valence-corrected chi connectivity index (χ3v) is 3.08. The minimum Gasteiger partial charge on any atom is -0.391 e. The fraction of sp³-hybridized carbons (Fsp3) is 0.929. The summed E-state index contributed by atoms with van der Waals surface area (Å²) in [6.45, 7) is 2.63. The topological polar surface area (TPSA) is 49.3 Å². The Hall–Kier alpha value is -0.570. The highest BCUT2D eigenvalue weighted by molar-refractivity contribution is 5.45. The Morgan fingerprint density at radius 1 is 1.00 bits per heavy atom. The maximum absolute atomic E-state index is 10.0. The monoisotopic (exact) mass is 243 g/mol. The molecule has 0 heterocycles. The molecule has 3 heteroatoms. The Labute approximate surface area is 106 Å². The lowest BCUT2D eigenvalue weighted by Gasteiger charge is -2.09. The molecule has 2 N–H and O–H groups in total. The van der Waals surface area contributed by atoms with Crippen LogP contribution in [-0.2, 0) is 4.79 Å². The Bertz CT molecular complexity index is 162. The minimum absolute atomic E-state index is 0.371. The van der Waals surface area contributed by atoms with Crippen molar-refractivity contribution in [2.45, 2.75) is 77.2 Å². The molecule has 0 aromatic rings. The fourth-order valence-electron chi connectivity index (χ4n) is 1.98. The van der Waals surface area contributed by atoms with Crippen molar-refractivity contribution in [2.75, 3.05) is 6.54 Å². The van der Waals surface area contributed by atoms with Gasteiger partial charge >= 0.3 is 0 Å². The molecule has 17 heavy (non-hydrogen) atoms. The first-order chi connectivity index (χ1) is 8.31. The van der Waals surface area contributed by atoms with Gasteiger partial charge in [-0.2, -0.15) is 0 Å². The van der Waals surface area contributed by atoms with E-state index in [2.05, 4.69) is 12.2 Å². The summed E-state index contributed by atoms with van der Waals surface area (Å²) in [6.07, 6.45) is 12.7. The molecule has 0 aromatic heterocycles. The van der Waals surface area contributed by atoms with E-state index in [1.54, 1.807) is 0 Å². The second-order valence-electron chi connectivity index (χ2n) is 4.80. The van der Waals surface area contributed by atoms with Gasteiger partial charge in [-0.3, -0.25) is 4.79 Å². The summed E-state index contributed by atoms with van der Waals surface area (Å²) in [5.74, 6) is 0. The van der Waals surface area contributed by atoms with E-state index in [9.17, 15) is 9.90 Å². The average molecular weight is 243 g/mol. The average Bonchev–Trinajstić information content (AvgIpc) is 2.34. The van der Waals surface area contributed by atoms with Gasteiger partial charge in [-0.25, -0.2) is 0 Å². The summed E-state index contributed by atoms with van der Waals surface area (Å²) in [7, 11) is 0. The van der Waals surface area contributed by atoms with Crippen LogP contribution in [0.1, 0.15) is 71.1 Å². The maximum atomic E-state index is 10.0. The first-order valence-electron chi connectivity index (χ1n) is 7.16. The quantitative estimate of drug-likeness (QED) is 0.386. The van der Waals surface area contributed by atoms with Crippen LogP contribution >= 0.6 is 0 Å². The van der Waals surface area contributed by atoms with Crippen molar-refractivity contribution in [3.8, 4) is 0 Å². The molecule has 0 aliphatic rings. The van der Waals surface area contributed by atoms with Crippen molar-refractivity contribution in [1.29, 1.82) is 0 Å². The highest BCUT2D eigenvalue weighted by Crippen LogP contribution is 2.11. The molecule has 0 bridgehead atoms. The summed E-state index contributed by atoms with van der Waals surface area (Å²) in [4.78, 5) is 10.0. The van der Waals surface area contributed by atoms with E-state index in [0.29, 0.717) is 13.0 Å². The van der Waals surface area contributed by atoms with Crippen LogP contribution in [0, 0.1) is 0 Å². The lowest BCUT2D eigenvalue weighted by atomic mass is 10.1. The van der Waals surface area contributed by atoms with Gasteiger partial charge in [-0.1, -0.05) is 64.7 Å². The third kappa shape index (κ3) is 13.4. The smallest absolute Gasteiger partial charge is 0.207 e. The number of aliphatic hydroxyl groups is 1. The van der Waals surface area contributed by atoms with Crippen LogP contribution in [0.4, 0.5) is 0 Å². The molecule has 0 fully saturated rings. The van der Waals surface area contributed by atoms with Crippen LogP contribution in [0.25, 0.3) is 0 Å². The number of carbonyl (C=O) groups is 1. The summed E-state index contributed by atoms with van der Waals surface area (Å²) in [5, 5.41) is 12.0. The number of carbonyl (C=O) groups excluding carboxylic acids is 1. The molecule has 0 saturated heterocycles. The molecule has 3 nitrogen and oxygen atoms in total. The molecule has 102 valence electrons. The number of amides is 1. The van der Waals surface area contributed by atoms with Crippen molar-refractivity contribution in [2.24, 2.45) is 0 Å². The van der Waals surface area contributed by atoms with Gasteiger partial charge in [-0.15, -0.1) is 0 Å². The van der Waals surface area contributed by atoms with Crippen molar-refractivity contribution < 1.29 is 9.90 Å². The van der Waals surface area contributed by atoms with Gasteiger partial charge in [0.1, 0.15) is 0 Å². The van der Waals surface area contributed by atoms with Crippen molar-refractivity contribution in [3.05, 3.63) is 0 Å². The van der Waals surface area contributed by atoms with E-state index in [4.69, 9.17) is 0 Å². The second-order valence-corrected chi connectivity index (χ2v) is 4.80. The molecule has 1 atom stereocenters. The highest BCUT2D eigenvalue weighted by atomic mass is 16.3. The molecule has 0 aromatic carbocycles. The number of unbranched alkanes of at least 4 members (excludes halogenated alkanes) is 8. The van der Waals surface area contributed by atoms with E-state index in [1.165, 1.54) is 51.4 Å². The van der Waals surface area contributed by atoms with Gasteiger partial charge in [0, 0.05) is 6.54 Å². The molecule has 0 unspecified atom stereocenters. The molecule has 1 amide bonds. The normalized spacial score (nSPS) is 12.4. The summed E-state index contributed by atoms with van der Waals surface area (Å²) < 4.78 is 0. The van der Waals surface area contributed by atoms with Gasteiger partial charge in [0.25, 0.3) is 0 Å². The summed E-state index contributed by atoms with van der Waals surface area (Å²) in [5.41, 5.74) is 0. The molecule has 0 aliphatic carbocycles. The third-order valence-electron chi connectivity index (χ3n) is 3.08. The standard InChI is InChI=1S/C14H29NO2/c1-2-3-4-5-6-7-8-9-10-11-14(17)12-15-13-16/h13-14,17H,2-12H2,1H3,(H,15,16)/t14-/m1/s1. The SMILES string of the molecule is CCCCCCCCCCC[C@@H](O)CNC=O. The molecular weight excluding hydrogens is 214 g/mol. The number of hydrogen-bond donors (Lipinski definition) is 2. The summed E-state index contributed by atoms with van der Waals surface area (Å²) >= 11 is 0. The Kier molecular flexibility index (Phi) is 13.0. The number of aliphatic hydroxyl groups excluding tert-OH is 1. The van der Waals surface area contributed by atoms with Crippen LogP contribution in [0.15, 0.2) is 0 Å². The highest BCUT2D eigenvalue weighted by Gasteiger charge is 2.02. The van der Waals surface area contributed by atoms with Gasteiger partial charge in [0.05, 0.1) is 6.10 Å². The molecular formula is C14H29NO2. The molecule has 0 saturated carbocycles. The number of hydrogen-bond acceptors (Lipinski definition) is 2. The predicted molar refractivity (Wildman–Crippen MR) is 71.9 cm³/mol. The Morgan fingerprint density at radius 2 is 1.53 bits per heavy atom. The zero-order valence-electron chi connectivity index (χ0n) is 11.3. The molecule has 0 rings (SSSR count). The second kappa shape index (κ2) is 13.5. The van der Waals surface area contributed by atoms with Gasteiger partial charge in [0.2, 0.25) is 6.41 Å². The lowest BCUT2D eigenvalue weighted by molar-refractivity contribution is -0.110. The van der Waals surface area contributed by atoms with Crippen LogP contribution in [-0.4, -0.2) is 24.2 Å². The van der Waals surface area contributed by atoms with E-state index in [1.807, 2.05) is 0 Å². The van der Waals surface area contributed by atoms with Gasteiger partial charge < -0.3 is 10.4 Å². The fourth-order valence-corrected chi connectivity index (χ4v) is 1.98. The molecule has 0 aliphatic heterocycles. The predicted octanol–water partition coefficient (Wildman–Crippen LogP) is 3.01. The minimum atomic E-state index is -0.371. The van der Waals surface area contributed by atoms with Crippen molar-refractivity contribution in [1.82, 2.24) is 5.32 Å². The maximum Gasteiger partial charge on any atom is 0.207 e. The Balaban J connectivity index is 3.04. The Morgan fingerprint density at radius 3 is 2.06 bits per heavy atom.